The quantitative estimate of drug-likeness (QED) is 0.412. The van der Waals surface area contributed by atoms with E-state index in [9.17, 15) is 13.2 Å². The molecule has 2 N–H and O–H groups in total. The zero-order chi connectivity index (χ0) is 26.2. The Morgan fingerprint density at radius 2 is 1.63 bits per heavy atom. The van der Waals surface area contributed by atoms with Crippen LogP contribution in [0.3, 0.4) is 0 Å². The molecule has 0 saturated carbocycles. The monoisotopic (exact) mass is 526 g/mol. The number of nitrogens with one attached hydrogen (secondary N) is 2. The van der Waals surface area contributed by atoms with E-state index in [0.29, 0.717) is 11.7 Å². The third-order valence-electron chi connectivity index (χ3n) is 6.20. The molecule has 1 heterocycles. The minimum atomic E-state index is -4.55. The maximum absolute atomic E-state index is 13.4. The Balaban J connectivity index is 1.92. The van der Waals surface area contributed by atoms with E-state index in [1.54, 1.807) is 0 Å². The van der Waals surface area contributed by atoms with Gasteiger partial charge in [0.05, 0.1) is 10.6 Å². The zero-order valence-corrected chi connectivity index (χ0v) is 22.6. The molecule has 1 aliphatic heterocycles. The van der Waals surface area contributed by atoms with E-state index in [1.807, 2.05) is 19.0 Å². The third-order valence-corrected chi connectivity index (χ3v) is 6.87. The summed E-state index contributed by atoms with van der Waals surface area (Å²) >= 11 is 11.6. The fourth-order valence-corrected chi connectivity index (χ4v) is 5.52. The molecule has 0 bridgehead atoms. The molecule has 0 amide bonds. The van der Waals surface area contributed by atoms with Gasteiger partial charge in [-0.3, -0.25) is 0 Å². The van der Waals surface area contributed by atoms with Crippen molar-refractivity contribution < 1.29 is 13.2 Å². The van der Waals surface area contributed by atoms with Gasteiger partial charge < -0.3 is 20.4 Å². The lowest BCUT2D eigenvalue weighted by molar-refractivity contribution is -0.137. The maximum atomic E-state index is 13.4. The summed E-state index contributed by atoms with van der Waals surface area (Å²) in [5, 5.41) is 6.78. The first-order chi connectivity index (χ1) is 16.1. The van der Waals surface area contributed by atoms with Crippen LogP contribution in [0.25, 0.3) is 0 Å². The lowest BCUT2D eigenvalue weighted by atomic mass is 9.79. The van der Waals surface area contributed by atoms with Crippen LogP contribution >= 0.6 is 23.8 Å². The molecule has 1 saturated heterocycles. The summed E-state index contributed by atoms with van der Waals surface area (Å²) in [6.07, 6.45) is -2.88. The van der Waals surface area contributed by atoms with Crippen molar-refractivity contribution in [3.63, 3.8) is 0 Å². The second-order valence-electron chi connectivity index (χ2n) is 10.8. The summed E-state index contributed by atoms with van der Waals surface area (Å²) < 4.78 is 40.2. The predicted octanol–water partition coefficient (Wildman–Crippen LogP) is 6.93. The molecule has 35 heavy (non-hydrogen) atoms. The Morgan fingerprint density at radius 1 is 1.06 bits per heavy atom. The molecule has 4 nitrogen and oxygen atoms in total. The third kappa shape index (κ3) is 7.24. The number of thiocarbonyl (C=S) groups is 1. The van der Waals surface area contributed by atoms with Gasteiger partial charge in [0.1, 0.15) is 0 Å². The molecule has 0 atom stereocenters. The average molecular weight is 527 g/mol. The van der Waals surface area contributed by atoms with Gasteiger partial charge in [-0.2, -0.15) is 13.2 Å². The van der Waals surface area contributed by atoms with E-state index >= 15 is 0 Å². The number of nitrogens with zero attached hydrogens (tertiary/aromatic N) is 2. The van der Waals surface area contributed by atoms with Gasteiger partial charge in [-0.15, -0.1) is 0 Å². The van der Waals surface area contributed by atoms with Gasteiger partial charge in [0.2, 0.25) is 0 Å². The molecule has 2 aromatic carbocycles. The van der Waals surface area contributed by atoms with Crippen molar-refractivity contribution in [3.05, 3.63) is 58.6 Å². The van der Waals surface area contributed by atoms with E-state index in [0.717, 1.165) is 30.2 Å². The first kappa shape index (κ1) is 27.6. The molecule has 0 radical (unpaired) electrons. The standard InChI is InChI=1S/C26H34ClF3N4S/c1-24(2)14-20(15-25(3,4)32-24)34(16-17-7-10-19(11-8-17)33(5)6)23(35)31-18-9-12-22(27)21(13-18)26(28,29)30/h7-13,20,32H,14-16H2,1-6H3,(H,31,35). The highest BCUT2D eigenvalue weighted by Crippen LogP contribution is 2.37. The Bertz CT molecular complexity index is 1040. The van der Waals surface area contributed by atoms with Crippen molar-refractivity contribution in [3.8, 4) is 0 Å². The van der Waals surface area contributed by atoms with Gasteiger partial charge in [-0.05, 0) is 88.6 Å². The van der Waals surface area contributed by atoms with Crippen molar-refractivity contribution in [2.75, 3.05) is 24.3 Å². The molecule has 9 heteroatoms. The van der Waals surface area contributed by atoms with Crippen LogP contribution in [-0.2, 0) is 12.7 Å². The number of hydrogen-bond donors (Lipinski definition) is 2. The molecule has 0 aromatic heterocycles. The zero-order valence-electron chi connectivity index (χ0n) is 21.1. The molecule has 3 rings (SSSR count). The number of piperidine rings is 1. The Kier molecular flexibility index (Phi) is 7.99. The van der Waals surface area contributed by atoms with Crippen LogP contribution < -0.4 is 15.5 Å². The molecule has 0 aliphatic carbocycles. The average Bonchev–Trinajstić information content (AvgIpc) is 2.70. The number of anilines is 2. The highest BCUT2D eigenvalue weighted by molar-refractivity contribution is 7.80. The summed E-state index contributed by atoms with van der Waals surface area (Å²) in [6.45, 7) is 9.19. The molecule has 1 fully saturated rings. The molecule has 192 valence electrons. The van der Waals surface area contributed by atoms with Gasteiger partial charge in [-0.1, -0.05) is 23.7 Å². The topological polar surface area (TPSA) is 30.5 Å². The minimum Gasteiger partial charge on any atom is -0.378 e. The van der Waals surface area contributed by atoms with Crippen molar-refractivity contribution in [2.45, 2.75) is 70.4 Å². The predicted molar refractivity (Wildman–Crippen MR) is 143 cm³/mol. The van der Waals surface area contributed by atoms with Gasteiger partial charge >= 0.3 is 6.18 Å². The smallest absolute Gasteiger partial charge is 0.378 e. The first-order valence-electron chi connectivity index (χ1n) is 11.6. The lowest BCUT2D eigenvalue weighted by Crippen LogP contribution is -2.63. The largest absolute Gasteiger partial charge is 0.417 e. The number of benzene rings is 2. The van der Waals surface area contributed by atoms with Crippen molar-refractivity contribution in [1.29, 1.82) is 0 Å². The van der Waals surface area contributed by atoms with Gasteiger partial charge in [-0.25, -0.2) is 0 Å². The van der Waals surface area contributed by atoms with Crippen LogP contribution in [0.15, 0.2) is 42.5 Å². The summed E-state index contributed by atoms with van der Waals surface area (Å²) in [5.41, 5.74) is 1.28. The highest BCUT2D eigenvalue weighted by Gasteiger charge is 2.41. The van der Waals surface area contributed by atoms with E-state index in [2.05, 4.69) is 67.5 Å². The summed E-state index contributed by atoms with van der Waals surface area (Å²) in [4.78, 5) is 4.14. The Morgan fingerprint density at radius 3 is 2.14 bits per heavy atom. The van der Waals surface area contributed by atoms with Crippen LogP contribution in [0.1, 0.15) is 51.7 Å². The normalized spacial score (nSPS) is 17.7. The van der Waals surface area contributed by atoms with Gasteiger partial charge in [0, 0.05) is 49.1 Å². The highest BCUT2D eigenvalue weighted by atomic mass is 35.5. The number of halogens is 4. The van der Waals surface area contributed by atoms with Crippen molar-refractivity contribution in [1.82, 2.24) is 10.2 Å². The summed E-state index contributed by atoms with van der Waals surface area (Å²) in [6, 6.07) is 12.1. The van der Waals surface area contributed by atoms with Gasteiger partial charge in [0.25, 0.3) is 0 Å². The Hall–Kier alpha value is -2.03. The second kappa shape index (κ2) is 10.1. The summed E-state index contributed by atoms with van der Waals surface area (Å²) in [7, 11) is 3.97. The molecule has 0 spiro atoms. The van der Waals surface area contributed by atoms with Crippen LogP contribution in [0, 0.1) is 0 Å². The molecule has 1 aliphatic rings. The van der Waals surface area contributed by atoms with E-state index < -0.39 is 11.7 Å². The van der Waals surface area contributed by atoms with Crippen LogP contribution in [0.5, 0.6) is 0 Å². The SMILES string of the molecule is CN(C)c1ccc(CN(C(=S)Nc2ccc(Cl)c(C(F)(F)F)c2)C2CC(C)(C)NC(C)(C)C2)cc1. The van der Waals surface area contributed by atoms with E-state index in [4.69, 9.17) is 23.8 Å². The van der Waals surface area contributed by atoms with Crippen molar-refractivity contribution in [2.24, 2.45) is 0 Å². The Labute approximate surface area is 216 Å². The van der Waals surface area contributed by atoms with E-state index in [1.165, 1.54) is 12.1 Å². The fourth-order valence-electron chi connectivity index (χ4n) is 4.97. The minimum absolute atomic E-state index is 0.0872. The van der Waals surface area contributed by atoms with Crippen LogP contribution in [0.2, 0.25) is 5.02 Å². The second-order valence-corrected chi connectivity index (χ2v) is 11.6. The van der Waals surface area contributed by atoms with Gasteiger partial charge in [0.15, 0.2) is 5.11 Å². The van der Waals surface area contributed by atoms with Crippen LogP contribution in [-0.4, -0.2) is 41.2 Å². The number of hydrogen-bond acceptors (Lipinski definition) is 3. The van der Waals surface area contributed by atoms with Crippen LogP contribution in [0.4, 0.5) is 24.5 Å². The molecular weight excluding hydrogens is 493 g/mol. The lowest BCUT2D eigenvalue weighted by Gasteiger charge is -2.50. The van der Waals surface area contributed by atoms with Crippen molar-refractivity contribution >= 4 is 40.3 Å². The molecule has 2 aromatic rings. The van der Waals surface area contributed by atoms with E-state index in [-0.39, 0.29) is 27.8 Å². The first-order valence-corrected chi connectivity index (χ1v) is 12.3. The number of rotatable bonds is 5. The summed E-state index contributed by atoms with van der Waals surface area (Å²) in [5.74, 6) is 0. The molecule has 0 unspecified atom stereocenters. The molecular formula is C26H34ClF3N4S. The maximum Gasteiger partial charge on any atom is 0.417 e. The fraction of sp³-hybridized carbons (Fsp3) is 0.500. The number of alkyl halides is 3.